The molecule has 0 N–H and O–H groups in total. The summed E-state index contributed by atoms with van der Waals surface area (Å²) in [5, 5.41) is 0.245. The molecule has 0 spiro atoms. The van der Waals surface area contributed by atoms with Crippen molar-refractivity contribution >= 4 is 20.1 Å². The van der Waals surface area contributed by atoms with Gasteiger partial charge in [0.05, 0.1) is 6.10 Å². The Bertz CT molecular complexity index is 569. The van der Waals surface area contributed by atoms with E-state index in [1.165, 1.54) is 23.2 Å². The molecule has 1 unspecified atom stereocenters. The van der Waals surface area contributed by atoms with E-state index >= 15 is 0 Å². The van der Waals surface area contributed by atoms with Gasteiger partial charge >= 0.3 is 0 Å². The van der Waals surface area contributed by atoms with Gasteiger partial charge in [0.1, 0.15) is 0 Å². The fourth-order valence-corrected chi connectivity index (χ4v) is 4.03. The normalized spacial score (nSPS) is 19.0. The molecule has 0 fully saturated rings. The van der Waals surface area contributed by atoms with Crippen LogP contribution in [0.1, 0.15) is 57.3 Å². The summed E-state index contributed by atoms with van der Waals surface area (Å²) < 4.78 is 6.80. The average molecular weight is 332 g/mol. The van der Waals surface area contributed by atoms with Gasteiger partial charge < -0.3 is 9.33 Å². The van der Waals surface area contributed by atoms with Crippen LogP contribution in [-0.2, 0) is 4.43 Å². The van der Waals surface area contributed by atoms with Gasteiger partial charge in [0.25, 0.3) is 0 Å². The summed E-state index contributed by atoms with van der Waals surface area (Å²) in [4.78, 5) is 2.16. The van der Waals surface area contributed by atoms with Crippen molar-refractivity contribution in [3.05, 3.63) is 35.4 Å². The largest absolute Gasteiger partial charge is 0.410 e. The Morgan fingerprint density at radius 2 is 1.87 bits per heavy atom. The summed E-state index contributed by atoms with van der Waals surface area (Å²) in [5.41, 5.74) is 3.93. The van der Waals surface area contributed by atoms with E-state index in [0.717, 1.165) is 12.8 Å². The van der Waals surface area contributed by atoms with E-state index in [4.69, 9.17) is 4.43 Å². The minimum Gasteiger partial charge on any atom is -0.410 e. The van der Waals surface area contributed by atoms with Crippen LogP contribution in [0.4, 0.5) is 5.69 Å². The minimum absolute atomic E-state index is 0.229. The second-order valence-corrected chi connectivity index (χ2v) is 13.2. The lowest BCUT2D eigenvalue weighted by Crippen LogP contribution is -2.42. The molecule has 128 valence electrons. The number of hydrogen-bond acceptors (Lipinski definition) is 2. The Hall–Kier alpha value is -1.06. The molecular formula is C20H33NOSi. The molecule has 1 aliphatic rings. The van der Waals surface area contributed by atoms with E-state index in [1.54, 1.807) is 0 Å². The van der Waals surface area contributed by atoms with E-state index in [0.29, 0.717) is 0 Å². The highest BCUT2D eigenvalue weighted by Crippen LogP contribution is 2.42. The van der Waals surface area contributed by atoms with Crippen LogP contribution < -0.4 is 4.90 Å². The number of nitrogens with zero attached hydrogens (tertiary/aromatic N) is 1. The Labute approximate surface area is 143 Å². The number of anilines is 1. The Morgan fingerprint density at radius 3 is 2.48 bits per heavy atom. The molecule has 0 radical (unpaired) electrons. The fraction of sp³-hybridized carbons (Fsp3) is 0.600. The molecule has 1 aromatic rings. The lowest BCUT2D eigenvalue weighted by atomic mass is 9.95. The zero-order chi connectivity index (χ0) is 17.3. The molecule has 0 bridgehead atoms. The van der Waals surface area contributed by atoms with Gasteiger partial charge in [-0.15, -0.1) is 0 Å². The lowest BCUT2D eigenvalue weighted by molar-refractivity contribution is 0.170. The van der Waals surface area contributed by atoms with Crippen LogP contribution in [0.15, 0.2) is 24.3 Å². The van der Waals surface area contributed by atoms with Crippen molar-refractivity contribution in [3.63, 3.8) is 0 Å². The Kier molecular flexibility index (Phi) is 5.42. The molecule has 0 heterocycles. The van der Waals surface area contributed by atoms with Crippen molar-refractivity contribution in [1.29, 1.82) is 0 Å². The molecule has 23 heavy (non-hydrogen) atoms. The van der Waals surface area contributed by atoms with Gasteiger partial charge in [-0.25, -0.2) is 0 Å². The lowest BCUT2D eigenvalue weighted by Gasteiger charge is -2.40. The maximum Gasteiger partial charge on any atom is 0.192 e. The van der Waals surface area contributed by atoms with E-state index in [9.17, 15) is 0 Å². The summed E-state index contributed by atoms with van der Waals surface area (Å²) in [6.07, 6.45) is 8.27. The number of allylic oxidation sites excluding steroid dienone is 1. The van der Waals surface area contributed by atoms with Crippen LogP contribution in [0.25, 0.3) is 6.08 Å². The van der Waals surface area contributed by atoms with Crippen LogP contribution in [0.2, 0.25) is 18.1 Å². The molecule has 0 saturated carbocycles. The molecule has 1 aromatic carbocycles. The maximum absolute atomic E-state index is 6.80. The number of rotatable bonds is 3. The molecule has 0 aromatic heterocycles. The third kappa shape index (κ3) is 4.27. The first-order valence-corrected chi connectivity index (χ1v) is 11.7. The zero-order valence-corrected chi connectivity index (χ0v) is 16.9. The van der Waals surface area contributed by atoms with E-state index < -0.39 is 8.32 Å². The Balaban J connectivity index is 2.38. The van der Waals surface area contributed by atoms with Gasteiger partial charge in [0, 0.05) is 19.8 Å². The first kappa shape index (κ1) is 18.3. The highest BCUT2D eigenvalue weighted by atomic mass is 28.4. The second kappa shape index (κ2) is 6.82. The maximum atomic E-state index is 6.80. The van der Waals surface area contributed by atoms with Crippen LogP contribution >= 0.6 is 0 Å². The van der Waals surface area contributed by atoms with Crippen molar-refractivity contribution in [2.45, 2.75) is 64.3 Å². The second-order valence-electron chi connectivity index (χ2n) is 8.41. The molecule has 3 heteroatoms. The minimum atomic E-state index is -1.77. The highest BCUT2D eigenvalue weighted by molar-refractivity contribution is 6.74. The number of fused-ring (bicyclic) bond motifs is 1. The van der Waals surface area contributed by atoms with Gasteiger partial charge in [-0.1, -0.05) is 39.0 Å². The fourth-order valence-electron chi connectivity index (χ4n) is 2.72. The topological polar surface area (TPSA) is 12.5 Å². The molecule has 0 aliphatic heterocycles. The van der Waals surface area contributed by atoms with Crippen molar-refractivity contribution in [3.8, 4) is 0 Å². The summed E-state index contributed by atoms with van der Waals surface area (Å²) in [6, 6.07) is 6.79. The van der Waals surface area contributed by atoms with Crippen LogP contribution in [0.3, 0.4) is 0 Å². The SMILES string of the molecule is CN(C)c1ccc2c(c1)C=CCCCC2O[Si](C)(C)C(C)(C)C. The summed E-state index contributed by atoms with van der Waals surface area (Å²) in [6.45, 7) is 11.7. The summed E-state index contributed by atoms with van der Waals surface area (Å²) >= 11 is 0. The molecule has 2 nitrogen and oxygen atoms in total. The third-order valence-electron chi connectivity index (χ3n) is 5.31. The molecule has 2 rings (SSSR count). The Morgan fingerprint density at radius 1 is 1.17 bits per heavy atom. The molecule has 1 aliphatic carbocycles. The summed E-state index contributed by atoms with van der Waals surface area (Å²) in [5.74, 6) is 0. The van der Waals surface area contributed by atoms with Gasteiger partial charge in [-0.05, 0) is 60.7 Å². The van der Waals surface area contributed by atoms with Crippen LogP contribution in [-0.4, -0.2) is 22.4 Å². The van der Waals surface area contributed by atoms with Gasteiger partial charge in [-0.2, -0.15) is 0 Å². The highest BCUT2D eigenvalue weighted by Gasteiger charge is 2.39. The number of benzene rings is 1. The van der Waals surface area contributed by atoms with E-state index in [-0.39, 0.29) is 11.1 Å². The smallest absolute Gasteiger partial charge is 0.192 e. The van der Waals surface area contributed by atoms with Crippen molar-refractivity contribution < 1.29 is 4.43 Å². The van der Waals surface area contributed by atoms with Crippen LogP contribution in [0, 0.1) is 0 Å². The molecular weight excluding hydrogens is 298 g/mol. The van der Waals surface area contributed by atoms with Crippen molar-refractivity contribution in [2.24, 2.45) is 0 Å². The van der Waals surface area contributed by atoms with Crippen molar-refractivity contribution in [2.75, 3.05) is 19.0 Å². The zero-order valence-electron chi connectivity index (χ0n) is 15.9. The van der Waals surface area contributed by atoms with E-state index in [2.05, 4.69) is 83.2 Å². The predicted octanol–water partition coefficient (Wildman–Crippen LogP) is 6.01. The van der Waals surface area contributed by atoms with Crippen molar-refractivity contribution in [1.82, 2.24) is 0 Å². The first-order chi connectivity index (χ1) is 10.6. The molecule has 1 atom stereocenters. The van der Waals surface area contributed by atoms with Gasteiger partial charge in [0.2, 0.25) is 0 Å². The van der Waals surface area contributed by atoms with Gasteiger partial charge in [-0.3, -0.25) is 0 Å². The average Bonchev–Trinajstić information content (AvgIpc) is 2.41. The summed E-state index contributed by atoms with van der Waals surface area (Å²) in [7, 11) is 2.42. The third-order valence-corrected chi connectivity index (χ3v) is 9.80. The first-order valence-electron chi connectivity index (χ1n) is 8.77. The standard InChI is InChI=1S/C20H33NOSi/c1-20(2,3)23(6,7)22-19-12-10-8-9-11-16-15-17(21(4)5)13-14-18(16)19/h9,11,13-15,19H,8,10,12H2,1-7H3. The van der Waals surface area contributed by atoms with Gasteiger partial charge in [0.15, 0.2) is 8.32 Å². The molecule has 0 saturated heterocycles. The monoisotopic (exact) mass is 331 g/mol. The quantitative estimate of drug-likeness (QED) is 0.629. The number of hydrogen-bond donors (Lipinski definition) is 0. The van der Waals surface area contributed by atoms with Crippen LogP contribution in [0.5, 0.6) is 0 Å². The van der Waals surface area contributed by atoms with E-state index in [1.807, 2.05) is 0 Å². The molecule has 0 amide bonds. The predicted molar refractivity (Wildman–Crippen MR) is 105 cm³/mol.